The first-order chi connectivity index (χ1) is 11.5. The molecular formula is C21H30N2O2. The molecule has 0 radical (unpaired) electrons. The van der Waals surface area contributed by atoms with Crippen molar-refractivity contribution in [1.29, 1.82) is 0 Å². The predicted octanol–water partition coefficient (Wildman–Crippen LogP) is 4.96. The molecule has 0 saturated heterocycles. The van der Waals surface area contributed by atoms with Crippen LogP contribution in [0.2, 0.25) is 0 Å². The summed E-state index contributed by atoms with van der Waals surface area (Å²) in [5.74, 6) is 0. The summed E-state index contributed by atoms with van der Waals surface area (Å²) in [4.78, 5) is 9.42. The average molecular weight is 342 g/mol. The molecule has 0 unspecified atom stereocenters. The van der Waals surface area contributed by atoms with Gasteiger partial charge in [0.25, 0.3) is 0 Å². The van der Waals surface area contributed by atoms with Crippen LogP contribution in [0.15, 0.2) is 36.4 Å². The van der Waals surface area contributed by atoms with Crippen molar-refractivity contribution in [3.63, 3.8) is 0 Å². The number of pyridine rings is 2. The Morgan fingerprint density at radius 1 is 0.800 bits per heavy atom. The molecule has 2 rings (SSSR count). The number of methoxy groups -OCH3 is 1. The van der Waals surface area contributed by atoms with E-state index in [9.17, 15) is 5.11 Å². The van der Waals surface area contributed by atoms with Gasteiger partial charge in [-0.05, 0) is 35.1 Å². The van der Waals surface area contributed by atoms with E-state index >= 15 is 0 Å². The Hall–Kier alpha value is -1.78. The van der Waals surface area contributed by atoms with Crippen molar-refractivity contribution in [2.75, 3.05) is 7.11 Å². The fourth-order valence-electron chi connectivity index (χ4n) is 2.85. The van der Waals surface area contributed by atoms with E-state index in [1.165, 1.54) is 0 Å². The maximum Gasteiger partial charge on any atom is 0.104 e. The van der Waals surface area contributed by atoms with Crippen LogP contribution in [0, 0.1) is 10.8 Å². The molecule has 0 aliphatic heterocycles. The minimum atomic E-state index is -0.628. The van der Waals surface area contributed by atoms with Crippen LogP contribution in [0.4, 0.5) is 0 Å². The molecule has 4 nitrogen and oxygen atoms in total. The molecule has 4 heteroatoms. The van der Waals surface area contributed by atoms with Gasteiger partial charge in [0.15, 0.2) is 0 Å². The van der Waals surface area contributed by atoms with E-state index in [-0.39, 0.29) is 16.9 Å². The van der Waals surface area contributed by atoms with Crippen LogP contribution >= 0.6 is 0 Å². The second-order valence-electron chi connectivity index (χ2n) is 8.65. The number of nitrogens with zero attached hydrogens (tertiary/aromatic N) is 2. The lowest BCUT2D eigenvalue weighted by Gasteiger charge is -2.29. The molecule has 0 saturated carbocycles. The Labute approximate surface area is 151 Å². The third kappa shape index (κ3) is 4.65. The maximum atomic E-state index is 10.5. The fourth-order valence-corrected chi connectivity index (χ4v) is 2.85. The highest BCUT2D eigenvalue weighted by Gasteiger charge is 2.28. The van der Waals surface area contributed by atoms with Crippen LogP contribution in [-0.2, 0) is 4.74 Å². The first-order valence-electron chi connectivity index (χ1n) is 8.69. The largest absolute Gasteiger partial charge is 0.386 e. The zero-order chi connectivity index (χ0) is 18.8. The molecule has 2 aromatic heterocycles. The molecule has 2 heterocycles. The smallest absolute Gasteiger partial charge is 0.104 e. The van der Waals surface area contributed by atoms with E-state index in [4.69, 9.17) is 9.72 Å². The van der Waals surface area contributed by atoms with Crippen LogP contribution in [0.5, 0.6) is 0 Å². The highest BCUT2D eigenvalue weighted by Crippen LogP contribution is 2.35. The lowest BCUT2D eigenvalue weighted by Crippen LogP contribution is -2.21. The van der Waals surface area contributed by atoms with Crippen molar-refractivity contribution in [2.45, 2.75) is 53.8 Å². The summed E-state index contributed by atoms with van der Waals surface area (Å²) in [5.41, 5.74) is 2.76. The Morgan fingerprint density at radius 3 is 1.72 bits per heavy atom. The quantitative estimate of drug-likeness (QED) is 0.853. The van der Waals surface area contributed by atoms with Crippen LogP contribution in [0.1, 0.15) is 65.1 Å². The topological polar surface area (TPSA) is 55.2 Å². The van der Waals surface area contributed by atoms with Gasteiger partial charge in [-0.1, -0.05) is 53.7 Å². The molecule has 0 spiro atoms. The molecule has 25 heavy (non-hydrogen) atoms. The van der Waals surface area contributed by atoms with Crippen molar-refractivity contribution < 1.29 is 9.84 Å². The summed E-state index contributed by atoms with van der Waals surface area (Å²) in [7, 11) is 1.71. The molecule has 0 fully saturated rings. The van der Waals surface area contributed by atoms with Gasteiger partial charge < -0.3 is 9.84 Å². The number of aliphatic hydroxyl groups is 1. The number of aliphatic hydroxyl groups excluding tert-OH is 1. The molecule has 136 valence electrons. The van der Waals surface area contributed by atoms with Crippen molar-refractivity contribution in [3.8, 4) is 11.4 Å². The third-order valence-electron chi connectivity index (χ3n) is 4.20. The minimum absolute atomic E-state index is 0.0575. The lowest BCUT2D eigenvalue weighted by molar-refractivity contribution is 0.0121. The second kappa shape index (κ2) is 7.22. The maximum absolute atomic E-state index is 10.5. The van der Waals surface area contributed by atoms with Crippen LogP contribution in [0.3, 0.4) is 0 Å². The highest BCUT2D eigenvalue weighted by molar-refractivity contribution is 5.54. The average Bonchev–Trinajstić information content (AvgIpc) is 2.53. The van der Waals surface area contributed by atoms with Gasteiger partial charge in [-0.3, -0.25) is 0 Å². The van der Waals surface area contributed by atoms with Crippen molar-refractivity contribution in [2.24, 2.45) is 10.8 Å². The van der Waals surface area contributed by atoms with Gasteiger partial charge in [0, 0.05) is 7.11 Å². The Balaban J connectivity index is 2.42. The van der Waals surface area contributed by atoms with E-state index in [0.29, 0.717) is 5.69 Å². The van der Waals surface area contributed by atoms with E-state index in [0.717, 1.165) is 17.1 Å². The van der Waals surface area contributed by atoms with Crippen molar-refractivity contribution in [1.82, 2.24) is 9.97 Å². The van der Waals surface area contributed by atoms with Crippen LogP contribution in [-0.4, -0.2) is 22.2 Å². The molecule has 0 aliphatic carbocycles. The molecule has 2 aromatic rings. The van der Waals surface area contributed by atoms with Crippen molar-refractivity contribution >= 4 is 0 Å². The first kappa shape index (κ1) is 19.5. The Kier molecular flexibility index (Phi) is 5.65. The SMILES string of the molecule is CO[C@H](c1cccc(-c2cccc([C@@H](O)C(C)(C)C)n2)n1)C(C)(C)C. The van der Waals surface area contributed by atoms with Gasteiger partial charge >= 0.3 is 0 Å². The summed E-state index contributed by atoms with van der Waals surface area (Å²) in [6, 6.07) is 11.6. The molecule has 0 aliphatic rings. The van der Waals surface area contributed by atoms with Crippen molar-refractivity contribution in [3.05, 3.63) is 47.8 Å². The van der Waals surface area contributed by atoms with Gasteiger partial charge in [0.1, 0.15) is 12.2 Å². The number of aromatic nitrogens is 2. The van der Waals surface area contributed by atoms with Gasteiger partial charge in [-0.25, -0.2) is 9.97 Å². The van der Waals surface area contributed by atoms with Gasteiger partial charge in [0.2, 0.25) is 0 Å². The van der Waals surface area contributed by atoms with Gasteiger partial charge in [-0.2, -0.15) is 0 Å². The number of hydrogen-bond donors (Lipinski definition) is 1. The summed E-state index contributed by atoms with van der Waals surface area (Å²) >= 11 is 0. The number of ether oxygens (including phenoxy) is 1. The zero-order valence-corrected chi connectivity index (χ0v) is 16.4. The normalized spacial score (nSPS) is 15.0. The molecule has 0 aromatic carbocycles. The highest BCUT2D eigenvalue weighted by atomic mass is 16.5. The Bertz CT molecular complexity index is 714. The molecule has 0 amide bonds. The summed E-state index contributed by atoms with van der Waals surface area (Å²) < 4.78 is 5.68. The van der Waals surface area contributed by atoms with E-state index in [1.807, 2.05) is 57.2 Å². The monoisotopic (exact) mass is 342 g/mol. The summed E-state index contributed by atoms with van der Waals surface area (Å²) in [6.45, 7) is 12.4. The number of hydrogen-bond acceptors (Lipinski definition) is 4. The zero-order valence-electron chi connectivity index (χ0n) is 16.4. The fraction of sp³-hybridized carbons (Fsp3) is 0.524. The van der Waals surface area contributed by atoms with Crippen LogP contribution in [0.25, 0.3) is 11.4 Å². The standard InChI is InChI=1S/C21H30N2O2/c1-20(2,3)18(24)16-12-8-10-14(22-16)15-11-9-13-17(23-15)19(25-7)21(4,5)6/h8-13,18-19,24H,1-7H3/t18-,19-/m1/s1. The Morgan fingerprint density at radius 2 is 1.28 bits per heavy atom. The third-order valence-corrected chi connectivity index (χ3v) is 4.20. The molecular weight excluding hydrogens is 312 g/mol. The van der Waals surface area contributed by atoms with E-state index in [2.05, 4.69) is 25.8 Å². The first-order valence-corrected chi connectivity index (χ1v) is 8.69. The van der Waals surface area contributed by atoms with Crippen LogP contribution < -0.4 is 0 Å². The molecule has 2 atom stereocenters. The molecule has 0 bridgehead atoms. The summed E-state index contributed by atoms with van der Waals surface area (Å²) in [6.07, 6.45) is -0.729. The van der Waals surface area contributed by atoms with E-state index in [1.54, 1.807) is 7.11 Å². The predicted molar refractivity (Wildman–Crippen MR) is 101 cm³/mol. The van der Waals surface area contributed by atoms with Gasteiger partial charge in [-0.15, -0.1) is 0 Å². The minimum Gasteiger partial charge on any atom is -0.386 e. The van der Waals surface area contributed by atoms with E-state index < -0.39 is 6.10 Å². The second-order valence-corrected chi connectivity index (χ2v) is 8.65. The summed E-state index contributed by atoms with van der Waals surface area (Å²) in [5, 5.41) is 10.5. The molecule has 1 N–H and O–H groups in total. The lowest BCUT2D eigenvalue weighted by atomic mass is 9.86. The number of rotatable bonds is 4. The van der Waals surface area contributed by atoms with Gasteiger partial charge in [0.05, 0.1) is 22.8 Å².